The van der Waals surface area contributed by atoms with Crippen molar-refractivity contribution < 1.29 is 15.0 Å². The van der Waals surface area contributed by atoms with E-state index in [1.165, 1.54) is 16.3 Å². The smallest absolute Gasteiger partial charge is 0.303 e. The number of hydrogen-bond donors (Lipinski definition) is 2. The van der Waals surface area contributed by atoms with Crippen LogP contribution in [0.25, 0.3) is 10.8 Å². The van der Waals surface area contributed by atoms with Gasteiger partial charge in [0.15, 0.2) is 0 Å². The fourth-order valence-corrected chi connectivity index (χ4v) is 4.11. The molecule has 0 spiro atoms. The van der Waals surface area contributed by atoms with Gasteiger partial charge in [-0.2, -0.15) is 0 Å². The van der Waals surface area contributed by atoms with Gasteiger partial charge in [0.05, 0.1) is 5.69 Å². The summed E-state index contributed by atoms with van der Waals surface area (Å²) in [5, 5.41) is 21.8. The third-order valence-corrected chi connectivity index (χ3v) is 6.06. The van der Waals surface area contributed by atoms with Gasteiger partial charge in [-0.1, -0.05) is 72.8 Å². The zero-order valence-corrected chi connectivity index (χ0v) is 18.9. The summed E-state index contributed by atoms with van der Waals surface area (Å²) in [6.45, 7) is 0.799. The maximum Gasteiger partial charge on any atom is 0.303 e. The van der Waals surface area contributed by atoms with Crippen molar-refractivity contribution in [1.29, 1.82) is 0 Å². The van der Waals surface area contributed by atoms with E-state index >= 15 is 0 Å². The Bertz CT molecular complexity index is 1250. The molecule has 4 aromatic carbocycles. The fraction of sp³-hybridized carbons (Fsp3) is 0.207. The van der Waals surface area contributed by atoms with Gasteiger partial charge >= 0.3 is 5.97 Å². The summed E-state index contributed by atoms with van der Waals surface area (Å²) in [5.74, 6) is -0.496. The van der Waals surface area contributed by atoms with Gasteiger partial charge in [0.25, 0.3) is 0 Å². The van der Waals surface area contributed by atoms with Crippen LogP contribution in [-0.2, 0) is 24.1 Å². The van der Waals surface area contributed by atoms with Gasteiger partial charge in [-0.05, 0) is 64.4 Å². The number of nitrogens with zero attached hydrogens (tertiary/aromatic N) is 1. The summed E-state index contributed by atoms with van der Waals surface area (Å²) < 4.78 is 0. The molecular formula is C29H29NO3. The number of carboxylic acid groups (broad SMARTS) is 1. The van der Waals surface area contributed by atoms with Gasteiger partial charge in [0.2, 0.25) is 0 Å². The van der Waals surface area contributed by atoms with Crippen molar-refractivity contribution >= 4 is 22.4 Å². The van der Waals surface area contributed by atoms with E-state index in [-0.39, 0.29) is 12.2 Å². The van der Waals surface area contributed by atoms with Crippen LogP contribution in [0.15, 0.2) is 84.9 Å². The lowest BCUT2D eigenvalue weighted by molar-refractivity contribution is -0.136. The minimum atomic E-state index is -0.777. The highest BCUT2D eigenvalue weighted by Gasteiger charge is 2.10. The first-order chi connectivity index (χ1) is 16.0. The molecule has 4 nitrogen and oxygen atoms in total. The van der Waals surface area contributed by atoms with Crippen LogP contribution in [0.2, 0.25) is 0 Å². The van der Waals surface area contributed by atoms with E-state index in [4.69, 9.17) is 5.11 Å². The highest BCUT2D eigenvalue weighted by molar-refractivity contribution is 5.83. The molecule has 4 aromatic rings. The molecular weight excluding hydrogens is 410 g/mol. The van der Waals surface area contributed by atoms with Crippen molar-refractivity contribution in [1.82, 2.24) is 0 Å². The number of fused-ring (bicyclic) bond motifs is 1. The topological polar surface area (TPSA) is 60.8 Å². The lowest BCUT2D eigenvalue weighted by atomic mass is 10.0. The van der Waals surface area contributed by atoms with E-state index in [9.17, 15) is 9.90 Å². The summed E-state index contributed by atoms with van der Waals surface area (Å²) in [6.07, 6.45) is 2.33. The second-order valence-electron chi connectivity index (χ2n) is 8.56. The number of benzene rings is 4. The van der Waals surface area contributed by atoms with Gasteiger partial charge < -0.3 is 15.1 Å². The zero-order valence-electron chi connectivity index (χ0n) is 18.9. The van der Waals surface area contributed by atoms with Crippen LogP contribution in [-0.4, -0.2) is 29.8 Å². The van der Waals surface area contributed by atoms with Gasteiger partial charge in [0, 0.05) is 20.0 Å². The van der Waals surface area contributed by atoms with Crippen molar-refractivity contribution in [3.63, 3.8) is 0 Å². The number of carboxylic acids is 1. The third-order valence-electron chi connectivity index (χ3n) is 6.06. The van der Waals surface area contributed by atoms with Crippen LogP contribution in [0.3, 0.4) is 0 Å². The molecule has 0 aromatic heterocycles. The summed E-state index contributed by atoms with van der Waals surface area (Å²) >= 11 is 0. The van der Waals surface area contributed by atoms with Gasteiger partial charge in [-0.3, -0.25) is 4.79 Å². The molecule has 0 aliphatic heterocycles. The van der Waals surface area contributed by atoms with Crippen molar-refractivity contribution in [3.8, 4) is 5.75 Å². The van der Waals surface area contributed by atoms with Crippen LogP contribution in [0.4, 0.5) is 5.69 Å². The number of aryl methyl sites for hydroxylation is 1. The fourth-order valence-electron chi connectivity index (χ4n) is 4.11. The lowest BCUT2D eigenvalue weighted by Crippen LogP contribution is -2.20. The van der Waals surface area contributed by atoms with E-state index in [2.05, 4.69) is 47.4 Å². The Labute approximate surface area is 194 Å². The maximum atomic E-state index is 10.8. The Morgan fingerprint density at radius 1 is 0.758 bits per heavy atom. The highest BCUT2D eigenvalue weighted by atomic mass is 16.4. The van der Waals surface area contributed by atoms with Crippen molar-refractivity contribution in [2.45, 2.75) is 25.7 Å². The second kappa shape index (κ2) is 10.2. The number of aliphatic carboxylic acids is 1. The normalized spacial score (nSPS) is 10.9. The predicted molar refractivity (Wildman–Crippen MR) is 134 cm³/mol. The molecule has 0 heterocycles. The molecule has 0 saturated heterocycles. The van der Waals surface area contributed by atoms with Crippen molar-refractivity contribution in [2.24, 2.45) is 0 Å². The summed E-state index contributed by atoms with van der Waals surface area (Å²) in [7, 11) is 2.01. The van der Waals surface area contributed by atoms with Crippen LogP contribution < -0.4 is 4.90 Å². The van der Waals surface area contributed by atoms with Crippen LogP contribution in [0.1, 0.15) is 28.7 Å². The quantitative estimate of drug-likeness (QED) is 0.344. The molecule has 168 valence electrons. The minimum Gasteiger partial charge on any atom is -0.506 e. The molecule has 4 heteroatoms. The molecule has 0 aliphatic rings. The largest absolute Gasteiger partial charge is 0.506 e. The first kappa shape index (κ1) is 22.4. The van der Waals surface area contributed by atoms with E-state index in [1.54, 1.807) is 6.07 Å². The number of hydrogen-bond acceptors (Lipinski definition) is 3. The Morgan fingerprint density at radius 3 is 2.18 bits per heavy atom. The molecule has 0 amide bonds. The van der Waals surface area contributed by atoms with Crippen LogP contribution in [0.5, 0.6) is 5.75 Å². The van der Waals surface area contributed by atoms with E-state index in [0.29, 0.717) is 6.42 Å². The number of aromatic hydroxyl groups is 1. The average molecular weight is 440 g/mol. The first-order valence-corrected chi connectivity index (χ1v) is 11.3. The number of anilines is 1. The van der Waals surface area contributed by atoms with Gasteiger partial charge in [0.1, 0.15) is 5.75 Å². The van der Waals surface area contributed by atoms with E-state index in [0.717, 1.165) is 41.8 Å². The molecule has 0 radical (unpaired) electrons. The molecule has 0 atom stereocenters. The SMILES string of the molecule is CN(CCc1ccc2ccccc2c1)c1cc(Cc2ccc(CCC(=O)O)cc2)ccc1O. The standard InChI is InChI=1S/C29H29NO3/c1-30(17-16-23-10-13-25-4-2-3-5-26(25)19-23)27-20-24(11-14-28(27)31)18-22-8-6-21(7-9-22)12-15-29(32)33/h2-11,13-14,19-20,31H,12,15-18H2,1H3,(H,32,33). The van der Waals surface area contributed by atoms with Gasteiger partial charge in [-0.25, -0.2) is 0 Å². The average Bonchev–Trinajstić information content (AvgIpc) is 2.83. The third kappa shape index (κ3) is 5.92. The molecule has 33 heavy (non-hydrogen) atoms. The summed E-state index contributed by atoms with van der Waals surface area (Å²) in [6, 6.07) is 28.8. The molecule has 0 fully saturated rings. The first-order valence-electron chi connectivity index (χ1n) is 11.3. The lowest BCUT2D eigenvalue weighted by Gasteiger charge is -2.21. The molecule has 0 saturated carbocycles. The van der Waals surface area contributed by atoms with Gasteiger partial charge in [-0.15, -0.1) is 0 Å². The maximum absolute atomic E-state index is 10.8. The number of likely N-dealkylation sites (N-methyl/N-ethyl adjacent to an activating group) is 1. The Kier molecular flexibility index (Phi) is 6.94. The Hall–Kier alpha value is -3.79. The number of carbonyl (C=O) groups is 1. The number of phenolic OH excluding ortho intramolecular Hbond substituents is 1. The zero-order chi connectivity index (χ0) is 23.2. The minimum absolute atomic E-state index is 0.145. The Morgan fingerprint density at radius 2 is 1.42 bits per heavy atom. The monoisotopic (exact) mass is 439 g/mol. The summed E-state index contributed by atoms with van der Waals surface area (Å²) in [5.41, 5.74) is 5.41. The molecule has 0 unspecified atom stereocenters. The second-order valence-corrected chi connectivity index (χ2v) is 8.56. The summed E-state index contributed by atoms with van der Waals surface area (Å²) in [4.78, 5) is 12.9. The Balaban J connectivity index is 1.41. The predicted octanol–water partition coefficient (Wildman–Crippen LogP) is 5.83. The molecule has 0 aliphatic carbocycles. The van der Waals surface area contributed by atoms with Crippen molar-refractivity contribution in [3.05, 3.63) is 107 Å². The highest BCUT2D eigenvalue weighted by Crippen LogP contribution is 2.29. The molecule has 0 bridgehead atoms. The number of rotatable bonds is 9. The molecule has 4 rings (SSSR count). The van der Waals surface area contributed by atoms with Crippen LogP contribution >= 0.6 is 0 Å². The number of phenols is 1. The van der Waals surface area contributed by atoms with E-state index < -0.39 is 5.97 Å². The van der Waals surface area contributed by atoms with Crippen molar-refractivity contribution in [2.75, 3.05) is 18.5 Å². The van der Waals surface area contributed by atoms with E-state index in [1.807, 2.05) is 43.4 Å². The molecule has 2 N–H and O–H groups in total. The van der Waals surface area contributed by atoms with Crippen LogP contribution in [0, 0.1) is 0 Å².